The molecule has 0 bridgehead atoms. The van der Waals surface area contributed by atoms with Gasteiger partial charge in [0.15, 0.2) is 0 Å². The summed E-state index contributed by atoms with van der Waals surface area (Å²) in [4.78, 5) is 4.44. The summed E-state index contributed by atoms with van der Waals surface area (Å²) in [5, 5.41) is 3.36. The Balaban J connectivity index is 1.84. The van der Waals surface area contributed by atoms with Gasteiger partial charge in [-0.3, -0.25) is 0 Å². The molecule has 3 nitrogen and oxygen atoms in total. The van der Waals surface area contributed by atoms with Gasteiger partial charge in [0.2, 0.25) is 0 Å². The summed E-state index contributed by atoms with van der Waals surface area (Å²) in [6.45, 7) is 1.92. The van der Waals surface area contributed by atoms with Crippen molar-refractivity contribution in [3.05, 3.63) is 47.2 Å². The van der Waals surface area contributed by atoms with Gasteiger partial charge in [-0.15, -0.1) is 0 Å². The van der Waals surface area contributed by atoms with E-state index in [1.807, 2.05) is 19.1 Å². The smallest absolute Gasteiger partial charge is 0.130 e. The summed E-state index contributed by atoms with van der Waals surface area (Å²) in [5.41, 5.74) is 11.5. The molecule has 0 spiro atoms. The molecule has 0 fully saturated rings. The first-order valence-electron chi connectivity index (χ1n) is 6.84. The molecule has 0 radical (unpaired) electrons. The summed E-state index contributed by atoms with van der Waals surface area (Å²) in [6, 6.07) is 10.4. The minimum Gasteiger partial charge on any atom is -0.397 e. The van der Waals surface area contributed by atoms with Gasteiger partial charge in [-0.2, -0.15) is 0 Å². The minimum absolute atomic E-state index is 0.732. The molecule has 19 heavy (non-hydrogen) atoms. The third-order valence-corrected chi connectivity index (χ3v) is 3.75. The molecule has 3 heteroatoms. The van der Waals surface area contributed by atoms with Crippen LogP contribution >= 0.6 is 0 Å². The molecule has 1 aromatic heterocycles. The first kappa shape index (κ1) is 12.0. The quantitative estimate of drug-likeness (QED) is 0.859. The van der Waals surface area contributed by atoms with E-state index in [0.29, 0.717) is 0 Å². The van der Waals surface area contributed by atoms with E-state index in [9.17, 15) is 0 Å². The number of benzene rings is 1. The highest BCUT2D eigenvalue weighted by Crippen LogP contribution is 2.26. The number of anilines is 3. The maximum atomic E-state index is 5.78. The molecule has 1 aromatic carbocycles. The molecular weight excluding hydrogens is 234 g/mol. The lowest BCUT2D eigenvalue weighted by molar-refractivity contribution is 0.686. The van der Waals surface area contributed by atoms with E-state index in [0.717, 1.165) is 22.9 Å². The van der Waals surface area contributed by atoms with Crippen LogP contribution in [-0.2, 0) is 12.8 Å². The molecule has 1 aliphatic carbocycles. The van der Waals surface area contributed by atoms with Crippen LogP contribution < -0.4 is 11.1 Å². The van der Waals surface area contributed by atoms with E-state index in [2.05, 4.69) is 28.5 Å². The highest BCUT2D eigenvalue weighted by molar-refractivity contribution is 5.60. The molecule has 0 saturated heterocycles. The summed E-state index contributed by atoms with van der Waals surface area (Å²) >= 11 is 0. The summed E-state index contributed by atoms with van der Waals surface area (Å²) in [7, 11) is 0. The second kappa shape index (κ2) is 4.92. The maximum absolute atomic E-state index is 5.78. The molecule has 2 aromatic rings. The van der Waals surface area contributed by atoms with Gasteiger partial charge in [0.05, 0.1) is 11.4 Å². The topological polar surface area (TPSA) is 50.9 Å². The van der Waals surface area contributed by atoms with Crippen LogP contribution in [0.2, 0.25) is 0 Å². The largest absolute Gasteiger partial charge is 0.397 e. The molecule has 0 amide bonds. The summed E-state index contributed by atoms with van der Waals surface area (Å²) in [5.74, 6) is 0.849. The second-order valence-electron chi connectivity index (χ2n) is 5.19. The van der Waals surface area contributed by atoms with Crippen molar-refractivity contribution in [2.24, 2.45) is 0 Å². The number of rotatable bonds is 2. The Kier molecular flexibility index (Phi) is 3.11. The van der Waals surface area contributed by atoms with Crippen LogP contribution in [0.3, 0.4) is 0 Å². The number of nitrogens with zero attached hydrogens (tertiary/aromatic N) is 1. The molecule has 0 atom stereocenters. The fourth-order valence-corrected chi connectivity index (χ4v) is 2.60. The lowest BCUT2D eigenvalue weighted by atomic mass is 9.91. The Bertz CT molecular complexity index is 605. The molecule has 0 aliphatic heterocycles. The normalized spacial score (nSPS) is 13.9. The van der Waals surface area contributed by atoms with Crippen LogP contribution in [-0.4, -0.2) is 4.98 Å². The van der Waals surface area contributed by atoms with Crippen molar-refractivity contribution in [2.75, 3.05) is 11.1 Å². The van der Waals surface area contributed by atoms with Crippen molar-refractivity contribution in [1.29, 1.82) is 0 Å². The van der Waals surface area contributed by atoms with E-state index in [4.69, 9.17) is 5.73 Å². The van der Waals surface area contributed by atoms with Gasteiger partial charge in [-0.05, 0) is 68.0 Å². The molecule has 0 saturated carbocycles. The Morgan fingerprint density at radius 2 is 1.84 bits per heavy atom. The van der Waals surface area contributed by atoms with Crippen molar-refractivity contribution in [1.82, 2.24) is 4.98 Å². The predicted octanol–water partition coefficient (Wildman–Crippen LogP) is 3.59. The first-order valence-corrected chi connectivity index (χ1v) is 6.84. The number of fused-ring (bicyclic) bond motifs is 1. The Morgan fingerprint density at radius 1 is 1.05 bits per heavy atom. The van der Waals surface area contributed by atoms with E-state index < -0.39 is 0 Å². The van der Waals surface area contributed by atoms with Crippen molar-refractivity contribution in [3.8, 4) is 0 Å². The fourth-order valence-electron chi connectivity index (χ4n) is 2.60. The maximum Gasteiger partial charge on any atom is 0.130 e. The van der Waals surface area contributed by atoms with Gasteiger partial charge in [0.25, 0.3) is 0 Å². The van der Waals surface area contributed by atoms with Gasteiger partial charge in [-0.25, -0.2) is 4.98 Å². The number of hydrogen-bond donors (Lipinski definition) is 2. The van der Waals surface area contributed by atoms with Crippen molar-refractivity contribution < 1.29 is 0 Å². The summed E-state index contributed by atoms with van der Waals surface area (Å²) < 4.78 is 0. The number of nitrogens with one attached hydrogen (secondary N) is 1. The van der Waals surface area contributed by atoms with Gasteiger partial charge in [0.1, 0.15) is 5.82 Å². The molecule has 0 unspecified atom stereocenters. The lowest BCUT2D eigenvalue weighted by Gasteiger charge is -2.17. The number of hydrogen-bond acceptors (Lipinski definition) is 3. The van der Waals surface area contributed by atoms with E-state index in [1.54, 1.807) is 0 Å². The van der Waals surface area contributed by atoms with Gasteiger partial charge < -0.3 is 11.1 Å². The number of aromatic nitrogens is 1. The molecule has 1 aliphatic rings. The van der Waals surface area contributed by atoms with Crippen LogP contribution in [0.15, 0.2) is 30.3 Å². The fraction of sp³-hybridized carbons (Fsp3) is 0.312. The number of nitrogens with two attached hydrogens (primary N) is 1. The Morgan fingerprint density at radius 3 is 2.63 bits per heavy atom. The van der Waals surface area contributed by atoms with Gasteiger partial charge in [-0.1, -0.05) is 6.07 Å². The first-order chi connectivity index (χ1) is 9.22. The lowest BCUT2D eigenvalue weighted by Crippen LogP contribution is -2.04. The number of pyridine rings is 1. The Labute approximate surface area is 113 Å². The number of nitrogen functional groups attached to an aromatic ring is 1. The zero-order valence-corrected chi connectivity index (χ0v) is 11.2. The van der Waals surface area contributed by atoms with Crippen molar-refractivity contribution >= 4 is 17.2 Å². The molecular formula is C16H19N3. The number of aryl methyl sites for hydroxylation is 3. The van der Waals surface area contributed by atoms with Gasteiger partial charge in [0, 0.05) is 5.69 Å². The van der Waals surface area contributed by atoms with Crippen LogP contribution in [0.25, 0.3) is 0 Å². The minimum atomic E-state index is 0.732. The van der Waals surface area contributed by atoms with Gasteiger partial charge >= 0.3 is 0 Å². The zero-order chi connectivity index (χ0) is 13.2. The molecule has 3 N–H and O–H groups in total. The van der Waals surface area contributed by atoms with E-state index >= 15 is 0 Å². The third-order valence-electron chi connectivity index (χ3n) is 3.75. The molecule has 98 valence electrons. The standard InChI is InChI=1S/C16H19N3/c1-11-15(17)8-9-16(18-11)19-14-7-6-12-4-2-3-5-13(12)10-14/h6-10H,2-5,17H2,1H3,(H,18,19). The molecule has 1 heterocycles. The van der Waals surface area contributed by atoms with Crippen LogP contribution in [0.4, 0.5) is 17.2 Å². The summed E-state index contributed by atoms with van der Waals surface area (Å²) in [6.07, 6.45) is 5.03. The van der Waals surface area contributed by atoms with Crippen LogP contribution in [0.1, 0.15) is 29.7 Å². The molecule has 3 rings (SSSR count). The highest BCUT2D eigenvalue weighted by atomic mass is 15.0. The van der Waals surface area contributed by atoms with Crippen LogP contribution in [0, 0.1) is 6.92 Å². The second-order valence-corrected chi connectivity index (χ2v) is 5.19. The third kappa shape index (κ3) is 2.55. The van der Waals surface area contributed by atoms with Crippen molar-refractivity contribution in [2.45, 2.75) is 32.6 Å². The zero-order valence-electron chi connectivity index (χ0n) is 11.2. The predicted molar refractivity (Wildman–Crippen MR) is 79.8 cm³/mol. The highest BCUT2D eigenvalue weighted by Gasteiger charge is 2.09. The van der Waals surface area contributed by atoms with Crippen molar-refractivity contribution in [3.63, 3.8) is 0 Å². The SMILES string of the molecule is Cc1nc(Nc2ccc3c(c2)CCCC3)ccc1N. The average molecular weight is 253 g/mol. The average Bonchev–Trinajstić information content (AvgIpc) is 2.43. The van der Waals surface area contributed by atoms with Crippen LogP contribution in [0.5, 0.6) is 0 Å². The monoisotopic (exact) mass is 253 g/mol. The van der Waals surface area contributed by atoms with E-state index in [1.165, 1.54) is 36.8 Å². The Hall–Kier alpha value is -2.03. The van der Waals surface area contributed by atoms with E-state index in [-0.39, 0.29) is 0 Å².